The molecular formula is C14H15F4IN4Se. The first-order valence-corrected chi connectivity index (χ1v) is 10.1. The molecule has 0 bridgehead atoms. The topological polar surface area (TPSA) is 32.6 Å². The van der Waals surface area contributed by atoms with Gasteiger partial charge in [0.2, 0.25) is 0 Å². The number of rotatable bonds is 3. The van der Waals surface area contributed by atoms with Crippen LogP contribution in [0.4, 0.5) is 23.4 Å². The van der Waals surface area contributed by atoms with Gasteiger partial charge in [0.05, 0.1) is 0 Å². The Labute approximate surface area is 156 Å². The van der Waals surface area contributed by atoms with Crippen molar-refractivity contribution in [2.24, 2.45) is 0 Å². The van der Waals surface area contributed by atoms with Crippen LogP contribution in [-0.2, 0) is 0 Å². The van der Waals surface area contributed by atoms with Crippen LogP contribution in [0.15, 0.2) is 18.2 Å². The molecule has 0 amide bonds. The average Bonchev–Trinajstić information content (AvgIpc) is 2.78. The Bertz CT molecular complexity index is 735. The first-order chi connectivity index (χ1) is 11.2. The molecule has 0 radical (unpaired) electrons. The maximum atomic E-state index is 14.2. The van der Waals surface area contributed by atoms with Gasteiger partial charge in [0, 0.05) is 0 Å². The van der Waals surface area contributed by atoms with Crippen molar-refractivity contribution in [2.45, 2.75) is 23.7 Å². The second-order valence-corrected chi connectivity index (χ2v) is 8.97. The number of fused-ring (bicyclic) bond motifs is 1. The van der Waals surface area contributed by atoms with Gasteiger partial charge in [-0.1, -0.05) is 0 Å². The summed E-state index contributed by atoms with van der Waals surface area (Å²) in [6, 6.07) is 4.63. The molecule has 2 aromatic rings. The second-order valence-electron chi connectivity index (χ2n) is 5.69. The van der Waals surface area contributed by atoms with E-state index in [4.69, 9.17) is 0 Å². The molecule has 1 N–H and O–H groups in total. The Kier molecular flexibility index (Phi) is 5.29. The van der Waals surface area contributed by atoms with Gasteiger partial charge >= 0.3 is 156 Å². The van der Waals surface area contributed by atoms with Crippen LogP contribution in [0.5, 0.6) is 0 Å². The standard InChI is InChI=1S/C14H15F4IN4Se/c1-22-6-5-9(8(15)7-22)20-11-4-2-3-10-12(24-14(16,17)18)13(19)21-23(10)11/h2-4,8-9,20H,5-7H2,1H3/t8-,9+/m0/s1. The molecule has 0 aliphatic carbocycles. The Morgan fingerprint density at radius 1 is 1.38 bits per heavy atom. The fourth-order valence-electron chi connectivity index (χ4n) is 2.75. The number of piperidine rings is 1. The van der Waals surface area contributed by atoms with Crippen molar-refractivity contribution >= 4 is 53.3 Å². The van der Waals surface area contributed by atoms with Gasteiger partial charge in [-0.3, -0.25) is 0 Å². The van der Waals surface area contributed by atoms with E-state index in [1.54, 1.807) is 18.2 Å². The van der Waals surface area contributed by atoms with E-state index in [0.29, 0.717) is 28.0 Å². The third-order valence-electron chi connectivity index (χ3n) is 3.87. The number of halogens is 5. The molecular weight excluding hydrogens is 506 g/mol. The molecule has 2 aromatic heterocycles. The number of pyridine rings is 1. The van der Waals surface area contributed by atoms with Crippen LogP contribution in [0, 0.1) is 3.70 Å². The summed E-state index contributed by atoms with van der Waals surface area (Å²) in [6.07, 6.45) is -0.404. The van der Waals surface area contributed by atoms with E-state index < -0.39 is 26.2 Å². The molecule has 132 valence electrons. The Morgan fingerprint density at radius 2 is 2.12 bits per heavy atom. The zero-order valence-corrected chi connectivity index (χ0v) is 16.5. The zero-order chi connectivity index (χ0) is 17.5. The van der Waals surface area contributed by atoms with Crippen molar-refractivity contribution in [2.75, 3.05) is 25.5 Å². The van der Waals surface area contributed by atoms with Gasteiger partial charge in [-0.05, 0) is 0 Å². The molecule has 24 heavy (non-hydrogen) atoms. The first kappa shape index (κ1) is 18.2. The molecule has 0 unspecified atom stereocenters. The van der Waals surface area contributed by atoms with Crippen molar-refractivity contribution in [1.82, 2.24) is 14.5 Å². The molecule has 1 saturated heterocycles. The van der Waals surface area contributed by atoms with Crippen LogP contribution < -0.4 is 9.78 Å². The number of nitrogens with one attached hydrogen (secondary N) is 1. The van der Waals surface area contributed by atoms with E-state index in [1.165, 1.54) is 4.52 Å². The second kappa shape index (κ2) is 6.97. The van der Waals surface area contributed by atoms with Crippen molar-refractivity contribution in [1.29, 1.82) is 0 Å². The summed E-state index contributed by atoms with van der Waals surface area (Å²) in [7, 11) is 1.87. The van der Waals surface area contributed by atoms with Gasteiger partial charge in [-0.2, -0.15) is 0 Å². The summed E-state index contributed by atoms with van der Waals surface area (Å²) in [5, 5.41) is 3.11. The number of aromatic nitrogens is 2. The van der Waals surface area contributed by atoms with Gasteiger partial charge in [0.25, 0.3) is 0 Å². The van der Waals surface area contributed by atoms with E-state index in [-0.39, 0.29) is 10.5 Å². The van der Waals surface area contributed by atoms with E-state index >= 15 is 0 Å². The summed E-state index contributed by atoms with van der Waals surface area (Å²) >= 11 is 0.156. The quantitative estimate of drug-likeness (QED) is 0.383. The molecule has 2 atom stereocenters. The summed E-state index contributed by atoms with van der Waals surface area (Å²) in [4.78, 5) is 1.92. The van der Waals surface area contributed by atoms with Gasteiger partial charge in [0.1, 0.15) is 0 Å². The van der Waals surface area contributed by atoms with Crippen molar-refractivity contribution in [3.05, 3.63) is 21.9 Å². The predicted octanol–water partition coefficient (Wildman–Crippen LogP) is 2.24. The molecule has 1 fully saturated rings. The van der Waals surface area contributed by atoms with Crippen LogP contribution in [0.3, 0.4) is 0 Å². The summed E-state index contributed by atoms with van der Waals surface area (Å²) in [5.41, 5.74) is 0.421. The Hall–Kier alpha value is -0.581. The van der Waals surface area contributed by atoms with Crippen LogP contribution in [0.1, 0.15) is 6.42 Å². The number of hydrogen-bond acceptors (Lipinski definition) is 3. The van der Waals surface area contributed by atoms with E-state index in [9.17, 15) is 17.6 Å². The van der Waals surface area contributed by atoms with Gasteiger partial charge in [-0.15, -0.1) is 0 Å². The fraction of sp³-hybridized carbons (Fsp3) is 0.500. The molecule has 3 heterocycles. The van der Waals surface area contributed by atoms with E-state index in [1.807, 2.05) is 34.5 Å². The molecule has 0 spiro atoms. The average molecular weight is 521 g/mol. The normalized spacial score (nSPS) is 22.9. The van der Waals surface area contributed by atoms with Crippen LogP contribution in [-0.4, -0.2) is 66.9 Å². The minimum absolute atomic E-state index is 0.208. The molecule has 4 nitrogen and oxygen atoms in total. The van der Waals surface area contributed by atoms with E-state index in [0.717, 1.165) is 6.54 Å². The third-order valence-corrected chi connectivity index (χ3v) is 7.20. The van der Waals surface area contributed by atoms with Gasteiger partial charge in [-0.25, -0.2) is 0 Å². The Morgan fingerprint density at radius 3 is 2.79 bits per heavy atom. The van der Waals surface area contributed by atoms with Crippen molar-refractivity contribution in [3.8, 4) is 0 Å². The molecule has 0 aromatic carbocycles. The number of hydrogen-bond donors (Lipinski definition) is 1. The monoisotopic (exact) mass is 522 g/mol. The van der Waals surface area contributed by atoms with Gasteiger partial charge in [0.15, 0.2) is 0 Å². The van der Waals surface area contributed by atoms with Gasteiger partial charge < -0.3 is 0 Å². The summed E-state index contributed by atoms with van der Waals surface area (Å²) < 4.78 is 54.6. The Balaban J connectivity index is 1.91. The summed E-state index contributed by atoms with van der Waals surface area (Å²) in [5.74, 6) is 0.520. The summed E-state index contributed by atoms with van der Waals surface area (Å²) in [6.45, 7) is 1.11. The van der Waals surface area contributed by atoms with Crippen LogP contribution in [0.25, 0.3) is 5.52 Å². The van der Waals surface area contributed by atoms with Crippen LogP contribution in [0.2, 0.25) is 0 Å². The number of nitrogens with zero attached hydrogens (tertiary/aromatic N) is 3. The first-order valence-electron chi connectivity index (χ1n) is 7.27. The molecule has 0 saturated carbocycles. The number of likely N-dealkylation sites (tertiary alicyclic amines) is 1. The van der Waals surface area contributed by atoms with Crippen molar-refractivity contribution < 1.29 is 17.6 Å². The zero-order valence-electron chi connectivity index (χ0n) is 12.6. The number of anilines is 1. The number of alkyl halides is 4. The predicted molar refractivity (Wildman–Crippen MR) is 93.8 cm³/mol. The molecule has 3 rings (SSSR count). The molecule has 10 heteroatoms. The maximum absolute atomic E-state index is 14.2. The SMILES string of the molecule is CN1CC[C@@H](Nc2cccc3c([Se]C(F)(F)F)c(I)nn23)[C@@H](F)C1. The minimum atomic E-state index is -4.24. The fourth-order valence-corrected chi connectivity index (χ4v) is 5.10. The molecule has 1 aliphatic rings. The van der Waals surface area contributed by atoms with Crippen LogP contribution >= 0.6 is 22.6 Å². The van der Waals surface area contributed by atoms with E-state index in [2.05, 4.69) is 10.4 Å². The third kappa shape index (κ3) is 3.97. The molecule has 1 aliphatic heterocycles. The van der Waals surface area contributed by atoms with Crippen molar-refractivity contribution in [3.63, 3.8) is 0 Å².